The number of aliphatic hydroxyl groups is 1. The fourth-order valence-electron chi connectivity index (χ4n) is 2.45. The number of hydrogen-bond donors (Lipinski definition) is 1. The number of benzene rings is 1. The Labute approximate surface area is 90.9 Å². The predicted octanol–water partition coefficient (Wildman–Crippen LogP) is 2.53. The average Bonchev–Trinajstić information content (AvgIpc) is 2.17. The van der Waals surface area contributed by atoms with Gasteiger partial charge in [0.25, 0.3) is 0 Å². The van der Waals surface area contributed by atoms with E-state index in [0.29, 0.717) is 0 Å². The van der Waals surface area contributed by atoms with Crippen molar-refractivity contribution in [2.45, 2.75) is 39.1 Å². The summed E-state index contributed by atoms with van der Waals surface area (Å²) >= 11 is 0. The maximum Gasteiger partial charge on any atom is 0.0918 e. The van der Waals surface area contributed by atoms with E-state index >= 15 is 0 Å². The first-order chi connectivity index (χ1) is 7.03. The highest BCUT2D eigenvalue weighted by molar-refractivity contribution is 5.23. The molecule has 2 heteroatoms. The number of hydrogen-bond acceptors (Lipinski definition) is 2. The summed E-state index contributed by atoms with van der Waals surface area (Å²) in [5.74, 6) is 0. The van der Waals surface area contributed by atoms with Crippen molar-refractivity contribution >= 4 is 0 Å². The van der Waals surface area contributed by atoms with Crippen molar-refractivity contribution in [2.75, 3.05) is 0 Å². The zero-order valence-electron chi connectivity index (χ0n) is 9.47. The topological polar surface area (TPSA) is 29.5 Å². The Kier molecular flexibility index (Phi) is 2.57. The van der Waals surface area contributed by atoms with Crippen LogP contribution < -0.4 is 0 Å². The Morgan fingerprint density at radius 3 is 2.33 bits per heavy atom. The lowest BCUT2D eigenvalue weighted by molar-refractivity contribution is -0.268. The Hall–Kier alpha value is -0.860. The monoisotopic (exact) mass is 206 g/mol. The molecule has 1 aliphatic heterocycles. The third-order valence-electron chi connectivity index (χ3n) is 3.23. The summed E-state index contributed by atoms with van der Waals surface area (Å²) in [6, 6.07) is 10.2. The molecule has 0 radical (unpaired) electrons. The molecule has 1 N–H and O–H groups in total. The first-order valence-electron chi connectivity index (χ1n) is 5.42. The normalized spacial score (nSPS) is 30.7. The summed E-state index contributed by atoms with van der Waals surface area (Å²) < 4.78 is 5.75. The third-order valence-corrected chi connectivity index (χ3v) is 3.23. The Balaban J connectivity index is 2.17. The zero-order chi connectivity index (χ0) is 11.1. The molecule has 0 aliphatic carbocycles. The quantitative estimate of drug-likeness (QED) is 0.805. The highest BCUT2D eigenvalue weighted by Crippen LogP contribution is 2.52. The van der Waals surface area contributed by atoms with E-state index in [-0.39, 0.29) is 17.6 Å². The van der Waals surface area contributed by atoms with Gasteiger partial charge in [-0.1, -0.05) is 44.2 Å². The zero-order valence-corrected chi connectivity index (χ0v) is 9.47. The molecule has 0 bridgehead atoms. The smallest absolute Gasteiger partial charge is 0.0918 e. The van der Waals surface area contributed by atoms with Crippen molar-refractivity contribution in [3.05, 3.63) is 35.9 Å². The average molecular weight is 206 g/mol. The second-order valence-electron chi connectivity index (χ2n) is 4.91. The van der Waals surface area contributed by atoms with Crippen molar-refractivity contribution in [3.63, 3.8) is 0 Å². The molecule has 1 saturated heterocycles. The third kappa shape index (κ3) is 1.68. The maximum absolute atomic E-state index is 9.55. The minimum Gasteiger partial charge on any atom is -0.391 e. The summed E-state index contributed by atoms with van der Waals surface area (Å²) in [5.41, 5.74) is 1.20. The van der Waals surface area contributed by atoms with Crippen LogP contribution in [0.3, 0.4) is 0 Å². The molecule has 0 spiro atoms. The van der Waals surface area contributed by atoms with E-state index in [1.54, 1.807) is 6.92 Å². The van der Waals surface area contributed by atoms with Crippen LogP contribution in [-0.2, 0) is 4.74 Å². The lowest BCUT2D eigenvalue weighted by Gasteiger charge is -2.53. The fraction of sp³-hybridized carbons (Fsp3) is 0.538. The fourth-order valence-corrected chi connectivity index (χ4v) is 2.45. The highest BCUT2D eigenvalue weighted by atomic mass is 16.5. The maximum atomic E-state index is 9.55. The van der Waals surface area contributed by atoms with Crippen molar-refractivity contribution in [3.8, 4) is 0 Å². The highest BCUT2D eigenvalue weighted by Gasteiger charge is 2.52. The summed E-state index contributed by atoms with van der Waals surface area (Å²) in [7, 11) is 0. The Morgan fingerprint density at radius 2 is 1.87 bits per heavy atom. The van der Waals surface area contributed by atoms with Gasteiger partial charge >= 0.3 is 0 Å². The molecule has 3 atom stereocenters. The molecular weight excluding hydrogens is 188 g/mol. The molecule has 15 heavy (non-hydrogen) atoms. The Morgan fingerprint density at radius 1 is 1.27 bits per heavy atom. The molecule has 0 saturated carbocycles. The lowest BCUT2D eigenvalue weighted by atomic mass is 9.71. The number of aliphatic hydroxyl groups excluding tert-OH is 1. The van der Waals surface area contributed by atoms with Crippen LogP contribution in [0.5, 0.6) is 0 Å². The van der Waals surface area contributed by atoms with E-state index in [0.717, 1.165) is 0 Å². The molecule has 0 unspecified atom stereocenters. The summed E-state index contributed by atoms with van der Waals surface area (Å²) in [5, 5.41) is 9.55. The first-order valence-corrected chi connectivity index (χ1v) is 5.42. The Bertz CT molecular complexity index is 330. The van der Waals surface area contributed by atoms with E-state index in [1.165, 1.54) is 5.56 Å². The van der Waals surface area contributed by atoms with Gasteiger partial charge in [-0.2, -0.15) is 0 Å². The second kappa shape index (κ2) is 3.62. The van der Waals surface area contributed by atoms with Gasteiger partial charge in [-0.25, -0.2) is 0 Å². The minimum atomic E-state index is -0.403. The van der Waals surface area contributed by atoms with Crippen molar-refractivity contribution in [1.29, 1.82) is 0 Å². The molecular formula is C13H18O2. The lowest BCUT2D eigenvalue weighted by Crippen LogP contribution is -2.55. The van der Waals surface area contributed by atoms with E-state index in [4.69, 9.17) is 4.74 Å². The van der Waals surface area contributed by atoms with E-state index < -0.39 is 6.10 Å². The van der Waals surface area contributed by atoms with Crippen LogP contribution in [0.4, 0.5) is 0 Å². The second-order valence-corrected chi connectivity index (χ2v) is 4.91. The van der Waals surface area contributed by atoms with E-state index in [9.17, 15) is 5.11 Å². The van der Waals surface area contributed by atoms with E-state index in [1.807, 2.05) is 18.2 Å². The van der Waals surface area contributed by atoms with Crippen LogP contribution >= 0.6 is 0 Å². The number of ether oxygens (including phenoxy) is 1. The van der Waals surface area contributed by atoms with Gasteiger partial charge in [0.05, 0.1) is 18.3 Å². The molecule has 2 rings (SSSR count). The van der Waals surface area contributed by atoms with Gasteiger partial charge in [0.2, 0.25) is 0 Å². The summed E-state index contributed by atoms with van der Waals surface area (Å²) in [6.45, 7) is 6.07. The van der Waals surface area contributed by atoms with Crippen molar-refractivity contribution in [1.82, 2.24) is 0 Å². The largest absolute Gasteiger partial charge is 0.391 e. The molecule has 0 aromatic heterocycles. The van der Waals surface area contributed by atoms with Gasteiger partial charge in [-0.15, -0.1) is 0 Å². The van der Waals surface area contributed by atoms with Gasteiger partial charge < -0.3 is 9.84 Å². The van der Waals surface area contributed by atoms with Crippen LogP contribution in [-0.4, -0.2) is 17.3 Å². The molecule has 82 valence electrons. The SMILES string of the molecule is C[C@@H](O)[C@@H]1O[C@H](c2ccccc2)C1(C)C. The van der Waals surface area contributed by atoms with Crippen molar-refractivity contribution in [2.24, 2.45) is 5.41 Å². The predicted molar refractivity (Wildman–Crippen MR) is 59.5 cm³/mol. The van der Waals surface area contributed by atoms with Crippen LogP contribution in [0.25, 0.3) is 0 Å². The van der Waals surface area contributed by atoms with Crippen LogP contribution in [0.1, 0.15) is 32.4 Å². The molecule has 2 nitrogen and oxygen atoms in total. The van der Waals surface area contributed by atoms with Gasteiger partial charge in [0.15, 0.2) is 0 Å². The van der Waals surface area contributed by atoms with Crippen molar-refractivity contribution < 1.29 is 9.84 Å². The van der Waals surface area contributed by atoms with Gasteiger partial charge in [0, 0.05) is 5.41 Å². The van der Waals surface area contributed by atoms with Gasteiger partial charge in [0.1, 0.15) is 0 Å². The van der Waals surface area contributed by atoms with E-state index in [2.05, 4.69) is 26.0 Å². The molecule has 1 aromatic carbocycles. The van der Waals surface area contributed by atoms with Gasteiger partial charge in [-0.05, 0) is 12.5 Å². The number of rotatable bonds is 2. The molecule has 1 aliphatic rings. The molecule has 1 aromatic rings. The molecule has 1 heterocycles. The standard InChI is InChI=1S/C13H18O2/c1-9(14)11-13(2,3)12(15-11)10-7-5-4-6-8-10/h4-9,11-12,14H,1-3H3/t9-,11+,12-/m1/s1. The first kappa shape index (κ1) is 10.7. The molecule has 1 fully saturated rings. The van der Waals surface area contributed by atoms with Crippen LogP contribution in [0.15, 0.2) is 30.3 Å². The summed E-state index contributed by atoms with van der Waals surface area (Å²) in [4.78, 5) is 0. The van der Waals surface area contributed by atoms with Crippen LogP contribution in [0, 0.1) is 5.41 Å². The minimum absolute atomic E-state index is 0.00944. The van der Waals surface area contributed by atoms with Gasteiger partial charge in [-0.3, -0.25) is 0 Å². The summed E-state index contributed by atoms with van der Waals surface area (Å²) in [6.07, 6.45) is -0.346. The van der Waals surface area contributed by atoms with Crippen LogP contribution in [0.2, 0.25) is 0 Å². The molecule has 0 amide bonds.